The molecular formula is C25H25NO4. The van der Waals surface area contributed by atoms with Gasteiger partial charge in [-0.25, -0.2) is 0 Å². The molecule has 0 amide bonds. The van der Waals surface area contributed by atoms with E-state index in [9.17, 15) is 5.11 Å². The van der Waals surface area contributed by atoms with Crippen LogP contribution in [0.15, 0.2) is 65.7 Å². The first-order valence-electron chi connectivity index (χ1n) is 9.95. The summed E-state index contributed by atoms with van der Waals surface area (Å²) in [6.45, 7) is 1.14. The third-order valence-corrected chi connectivity index (χ3v) is 5.24. The van der Waals surface area contributed by atoms with Crippen LogP contribution in [0.3, 0.4) is 0 Å². The van der Waals surface area contributed by atoms with E-state index in [0.717, 1.165) is 34.4 Å². The van der Waals surface area contributed by atoms with Crippen LogP contribution >= 0.6 is 0 Å². The fraction of sp³-hybridized carbons (Fsp3) is 0.240. The summed E-state index contributed by atoms with van der Waals surface area (Å²) in [5.74, 6) is 2.21. The quantitative estimate of drug-likeness (QED) is 0.627. The van der Waals surface area contributed by atoms with Gasteiger partial charge in [0.05, 0.1) is 14.2 Å². The maximum Gasteiger partial charge on any atom is 0.203 e. The molecule has 5 heteroatoms. The minimum atomic E-state index is 0.257. The molecule has 0 aliphatic carbocycles. The van der Waals surface area contributed by atoms with Crippen molar-refractivity contribution in [1.82, 2.24) is 0 Å². The molecule has 0 aromatic heterocycles. The second-order valence-electron chi connectivity index (χ2n) is 7.16. The number of phenols is 1. The summed E-state index contributed by atoms with van der Waals surface area (Å²) in [4.78, 5) is 4.78. The Labute approximate surface area is 176 Å². The fourth-order valence-electron chi connectivity index (χ4n) is 3.73. The van der Waals surface area contributed by atoms with Crippen LogP contribution in [0.25, 0.3) is 0 Å². The van der Waals surface area contributed by atoms with Crippen molar-refractivity contribution in [3.05, 3.63) is 82.9 Å². The van der Waals surface area contributed by atoms with Gasteiger partial charge in [0, 0.05) is 29.8 Å². The number of phenolic OH excluding ortho intramolecular Hbond substituents is 1. The molecule has 0 saturated carbocycles. The Morgan fingerprint density at radius 3 is 2.37 bits per heavy atom. The molecule has 1 aliphatic heterocycles. The number of fused-ring (bicyclic) bond motifs is 1. The van der Waals surface area contributed by atoms with E-state index >= 15 is 0 Å². The number of hydrogen-bond donors (Lipinski definition) is 1. The van der Waals surface area contributed by atoms with Crippen molar-refractivity contribution < 1.29 is 19.3 Å². The Morgan fingerprint density at radius 1 is 0.900 bits per heavy atom. The highest BCUT2D eigenvalue weighted by molar-refractivity contribution is 6.05. The summed E-state index contributed by atoms with van der Waals surface area (Å²) in [5.41, 5.74) is 5.26. The van der Waals surface area contributed by atoms with Gasteiger partial charge in [-0.15, -0.1) is 0 Å². The van der Waals surface area contributed by atoms with Crippen molar-refractivity contribution >= 4 is 5.71 Å². The summed E-state index contributed by atoms with van der Waals surface area (Å²) in [6.07, 6.45) is 1.44. The lowest BCUT2D eigenvalue weighted by Gasteiger charge is -2.24. The first kappa shape index (κ1) is 19.8. The van der Waals surface area contributed by atoms with Gasteiger partial charge in [-0.1, -0.05) is 42.5 Å². The normalized spacial score (nSPS) is 12.7. The van der Waals surface area contributed by atoms with Gasteiger partial charge >= 0.3 is 0 Å². The summed E-state index contributed by atoms with van der Waals surface area (Å²) < 4.78 is 17.6. The Kier molecular flexibility index (Phi) is 5.89. The zero-order valence-corrected chi connectivity index (χ0v) is 17.2. The number of aromatic hydroxyl groups is 1. The molecule has 1 aliphatic rings. The third kappa shape index (κ3) is 4.10. The summed E-state index contributed by atoms with van der Waals surface area (Å²) in [7, 11) is 3.26. The molecule has 4 rings (SSSR count). The standard InChI is InChI=1S/C25H25NO4/c1-28-23-15-21-20(12-13-26-22(21)14-17-8-10-19(27)11-9-17)24(25(23)29-2)30-16-18-6-4-3-5-7-18/h3-11,15,27H,12-14,16H2,1-2H3. The number of aliphatic imine (C=N–C) groups is 1. The molecule has 0 unspecified atom stereocenters. The maximum atomic E-state index is 9.56. The number of nitrogens with zero attached hydrogens (tertiary/aromatic N) is 1. The summed E-state index contributed by atoms with van der Waals surface area (Å²) >= 11 is 0. The first-order chi connectivity index (χ1) is 14.7. The van der Waals surface area contributed by atoms with Gasteiger partial charge in [0.15, 0.2) is 11.5 Å². The van der Waals surface area contributed by atoms with Crippen LogP contribution in [0.1, 0.15) is 22.3 Å². The second kappa shape index (κ2) is 8.91. The minimum Gasteiger partial charge on any atom is -0.508 e. The van der Waals surface area contributed by atoms with Crippen molar-refractivity contribution in [1.29, 1.82) is 0 Å². The number of ether oxygens (including phenoxy) is 3. The Hall–Kier alpha value is -3.47. The fourth-order valence-corrected chi connectivity index (χ4v) is 3.73. The van der Waals surface area contributed by atoms with Gasteiger partial charge in [-0.2, -0.15) is 0 Å². The molecule has 0 radical (unpaired) electrons. The number of hydrogen-bond acceptors (Lipinski definition) is 5. The zero-order chi connectivity index (χ0) is 20.9. The van der Waals surface area contributed by atoms with E-state index in [-0.39, 0.29) is 5.75 Å². The van der Waals surface area contributed by atoms with Gasteiger partial charge in [-0.3, -0.25) is 4.99 Å². The van der Waals surface area contributed by atoms with Crippen molar-refractivity contribution in [3.8, 4) is 23.0 Å². The molecule has 0 fully saturated rings. The van der Waals surface area contributed by atoms with E-state index in [1.165, 1.54) is 0 Å². The van der Waals surface area contributed by atoms with Crippen LogP contribution in [0.5, 0.6) is 23.0 Å². The SMILES string of the molecule is COc1cc2c(c(OCc3ccccc3)c1OC)CCN=C2Cc1ccc(O)cc1. The Bertz CT molecular complexity index is 1040. The van der Waals surface area contributed by atoms with Crippen molar-refractivity contribution in [2.24, 2.45) is 4.99 Å². The van der Waals surface area contributed by atoms with Crippen molar-refractivity contribution in [2.45, 2.75) is 19.4 Å². The molecule has 0 spiro atoms. The van der Waals surface area contributed by atoms with E-state index < -0.39 is 0 Å². The van der Waals surface area contributed by atoms with Crippen LogP contribution in [0, 0.1) is 0 Å². The maximum absolute atomic E-state index is 9.56. The van der Waals surface area contributed by atoms with E-state index in [1.54, 1.807) is 26.4 Å². The molecule has 0 bridgehead atoms. The lowest BCUT2D eigenvalue weighted by molar-refractivity contribution is 0.272. The van der Waals surface area contributed by atoms with Crippen LogP contribution in [-0.4, -0.2) is 31.6 Å². The predicted octanol–water partition coefficient (Wildman–Crippen LogP) is 4.58. The average Bonchev–Trinajstić information content (AvgIpc) is 2.79. The minimum absolute atomic E-state index is 0.257. The molecule has 0 atom stereocenters. The Morgan fingerprint density at radius 2 is 1.67 bits per heavy atom. The predicted molar refractivity (Wildman–Crippen MR) is 117 cm³/mol. The van der Waals surface area contributed by atoms with Gasteiger partial charge in [-0.05, 0) is 35.7 Å². The molecule has 1 heterocycles. The summed E-state index contributed by atoms with van der Waals surface area (Å²) in [6, 6.07) is 19.3. The molecule has 3 aromatic rings. The lowest BCUT2D eigenvalue weighted by Crippen LogP contribution is -2.17. The van der Waals surface area contributed by atoms with E-state index in [4.69, 9.17) is 19.2 Å². The number of benzene rings is 3. The van der Waals surface area contributed by atoms with E-state index in [2.05, 4.69) is 0 Å². The summed E-state index contributed by atoms with van der Waals surface area (Å²) in [5, 5.41) is 9.56. The molecule has 0 saturated heterocycles. The van der Waals surface area contributed by atoms with Crippen LogP contribution < -0.4 is 14.2 Å². The van der Waals surface area contributed by atoms with Gasteiger partial charge in [0.1, 0.15) is 12.4 Å². The van der Waals surface area contributed by atoms with Crippen LogP contribution in [0.2, 0.25) is 0 Å². The molecular weight excluding hydrogens is 378 g/mol. The van der Waals surface area contributed by atoms with Crippen molar-refractivity contribution in [2.75, 3.05) is 20.8 Å². The van der Waals surface area contributed by atoms with Gasteiger partial charge < -0.3 is 19.3 Å². The molecule has 5 nitrogen and oxygen atoms in total. The highest BCUT2D eigenvalue weighted by atomic mass is 16.5. The molecule has 154 valence electrons. The highest BCUT2D eigenvalue weighted by Crippen LogP contribution is 2.44. The average molecular weight is 403 g/mol. The zero-order valence-electron chi connectivity index (χ0n) is 17.2. The molecule has 1 N–H and O–H groups in total. The van der Waals surface area contributed by atoms with Gasteiger partial charge in [0.25, 0.3) is 0 Å². The lowest BCUT2D eigenvalue weighted by atomic mass is 9.92. The highest BCUT2D eigenvalue weighted by Gasteiger charge is 2.25. The number of rotatable bonds is 7. The first-order valence-corrected chi connectivity index (χ1v) is 9.95. The number of methoxy groups -OCH3 is 2. The molecule has 30 heavy (non-hydrogen) atoms. The third-order valence-electron chi connectivity index (χ3n) is 5.24. The van der Waals surface area contributed by atoms with Crippen LogP contribution in [-0.2, 0) is 19.4 Å². The second-order valence-corrected chi connectivity index (χ2v) is 7.16. The Balaban J connectivity index is 1.71. The van der Waals surface area contributed by atoms with E-state index in [1.807, 2.05) is 48.5 Å². The largest absolute Gasteiger partial charge is 0.508 e. The van der Waals surface area contributed by atoms with E-state index in [0.29, 0.717) is 36.8 Å². The smallest absolute Gasteiger partial charge is 0.203 e. The van der Waals surface area contributed by atoms with Crippen molar-refractivity contribution in [3.63, 3.8) is 0 Å². The topological polar surface area (TPSA) is 60.3 Å². The van der Waals surface area contributed by atoms with Gasteiger partial charge in [0.2, 0.25) is 5.75 Å². The van der Waals surface area contributed by atoms with Crippen LogP contribution in [0.4, 0.5) is 0 Å². The molecule has 3 aromatic carbocycles. The monoisotopic (exact) mass is 403 g/mol.